The smallest absolute Gasteiger partial charge is 0.322 e. The highest BCUT2D eigenvalue weighted by Crippen LogP contribution is 2.22. The Morgan fingerprint density at radius 3 is 1.28 bits per heavy atom. The van der Waals surface area contributed by atoms with Gasteiger partial charge in [-0.2, -0.15) is 0 Å². The molecule has 0 aromatic rings. The van der Waals surface area contributed by atoms with Gasteiger partial charge >= 0.3 is 11.9 Å². The molecule has 0 fully saturated rings. The predicted octanol–water partition coefficient (Wildman–Crippen LogP) is -3.03. The van der Waals surface area contributed by atoms with E-state index in [1.165, 1.54) is 7.11 Å². The van der Waals surface area contributed by atoms with Crippen molar-refractivity contribution in [2.24, 2.45) is 0 Å². The first-order valence-electron chi connectivity index (χ1n) is 26.8. The number of carbonyl (C=O) groups excluding carboxylic acids is 12. The summed E-state index contributed by atoms with van der Waals surface area (Å²) in [4.78, 5) is 180. The van der Waals surface area contributed by atoms with Gasteiger partial charge in [-0.1, -0.05) is 0 Å². The first-order chi connectivity index (χ1) is 38.7. The average Bonchev–Trinajstić information content (AvgIpc) is 3.93. The van der Waals surface area contributed by atoms with Crippen LogP contribution in [0.5, 0.6) is 0 Å². The molecule has 82 heavy (non-hydrogen) atoms. The molecule has 0 aromatic carbocycles. The summed E-state index contributed by atoms with van der Waals surface area (Å²) in [7, 11) is 1.48. The Hall–Kier alpha value is -7.70. The van der Waals surface area contributed by atoms with Gasteiger partial charge in [-0.3, -0.25) is 76.9 Å². The van der Waals surface area contributed by atoms with E-state index in [4.69, 9.17) is 29.2 Å². The maximum Gasteiger partial charge on any atom is 0.322 e. The number of rotatable bonds is 42. The van der Waals surface area contributed by atoms with E-state index in [1.54, 1.807) is 0 Å². The normalized spacial score (nSPS) is 14.6. The van der Waals surface area contributed by atoms with E-state index in [0.717, 1.165) is 24.3 Å². The topological polar surface area (TPSA) is 419 Å². The molecule has 30 heteroatoms. The Balaban J connectivity index is 2.08. The Morgan fingerprint density at radius 1 is 0.488 bits per heavy atom. The van der Waals surface area contributed by atoms with E-state index in [2.05, 4.69) is 42.5 Å². The third kappa shape index (κ3) is 28.1. The van der Waals surface area contributed by atoms with Crippen molar-refractivity contribution in [3.8, 4) is 0 Å². The molecular weight excluding hydrogens is 1080 g/mol. The number of aliphatic carboxylic acids is 2. The lowest BCUT2D eigenvalue weighted by Gasteiger charge is -2.35. The van der Waals surface area contributed by atoms with Crippen LogP contribution in [0.4, 0.5) is 0 Å². The number of carboxylic acid groups (broad SMARTS) is 2. The molecule has 0 radical (unpaired) electrons. The van der Waals surface area contributed by atoms with Crippen LogP contribution in [0.15, 0.2) is 24.3 Å². The average molecular weight is 1170 g/mol. The van der Waals surface area contributed by atoms with Crippen LogP contribution in [0.25, 0.3) is 0 Å². The molecule has 2 rings (SSSR count). The zero-order chi connectivity index (χ0) is 61.4. The van der Waals surface area contributed by atoms with Gasteiger partial charge in [0.2, 0.25) is 47.3 Å². The lowest BCUT2D eigenvalue weighted by atomic mass is 10.0. The van der Waals surface area contributed by atoms with Gasteiger partial charge in [0.05, 0.1) is 24.4 Å². The molecule has 2 aliphatic heterocycles. The Labute approximate surface area is 474 Å². The number of imide groups is 2. The lowest BCUT2D eigenvalue weighted by Crippen LogP contribution is -2.66. The fourth-order valence-electron chi connectivity index (χ4n) is 7.70. The van der Waals surface area contributed by atoms with Crippen molar-refractivity contribution in [1.82, 2.24) is 52.3 Å². The number of nitrogens with one attached hydrogen (secondary N) is 8. The van der Waals surface area contributed by atoms with Gasteiger partial charge < -0.3 is 71.7 Å². The van der Waals surface area contributed by atoms with Crippen molar-refractivity contribution in [3.63, 3.8) is 0 Å². The number of hydrogen-bond acceptors (Lipinski definition) is 18. The van der Waals surface area contributed by atoms with Gasteiger partial charge in [0.15, 0.2) is 0 Å². The van der Waals surface area contributed by atoms with E-state index >= 15 is 0 Å². The minimum atomic E-state index is -2.18. The number of amides is 12. The minimum Gasteiger partial charge on any atom is -0.480 e. The fraction of sp³-hybridized carbons (Fsp3) is 0.654. The second kappa shape index (κ2) is 36.6. The molecular formula is C52H80N10O20. The van der Waals surface area contributed by atoms with Gasteiger partial charge in [0.1, 0.15) is 50.5 Å². The standard InChI is InChI=1S/C52H80N10O20/c1-51(2,3)81-26-21-52(4,5)82-32-38(66)54-23-10-8-14-34(48(76)58-30-44(73)74)60-36(64)16-12-25-56-50(78)46(62-41(69)19-20-42(62)70)45(61-39(67)17-18-40(61)68)49(77)55-24-11-15-35(63)59-33(47(75)57-29-43(71)72)13-7-9-22-53-37(65)31-80-28-27-79-6/h17-20,33-34,45-46H,7-16,21-32H2,1-6H3,(H,53,65)(H,54,66)(H,55,77)(H,56,78)(H,57,75)(H,58,76)(H,59,63)(H,60,64)(H,71,72)(H,73,74)/t33-,34-,45-,46-/m0/s1. The monoisotopic (exact) mass is 1160 g/mol. The van der Waals surface area contributed by atoms with E-state index in [1.807, 2.05) is 34.6 Å². The van der Waals surface area contributed by atoms with Crippen molar-refractivity contribution >= 4 is 82.8 Å². The van der Waals surface area contributed by atoms with Gasteiger partial charge in [0, 0.05) is 77.0 Å². The molecule has 0 aromatic heterocycles. The van der Waals surface area contributed by atoms with Gasteiger partial charge in [-0.25, -0.2) is 0 Å². The summed E-state index contributed by atoms with van der Waals surface area (Å²) in [5, 5.41) is 37.8. The molecule has 0 spiro atoms. The van der Waals surface area contributed by atoms with Crippen LogP contribution in [-0.4, -0.2) is 218 Å². The zero-order valence-electron chi connectivity index (χ0n) is 47.3. The summed E-state index contributed by atoms with van der Waals surface area (Å²) in [5.74, 6) is -13.2. The van der Waals surface area contributed by atoms with E-state index in [0.29, 0.717) is 55.1 Å². The van der Waals surface area contributed by atoms with Gasteiger partial charge in [-0.05, 0) is 92.4 Å². The van der Waals surface area contributed by atoms with Crippen LogP contribution in [0.3, 0.4) is 0 Å². The number of carbonyl (C=O) groups is 14. The van der Waals surface area contributed by atoms with E-state index < -0.39 is 114 Å². The quantitative estimate of drug-likeness (QED) is 0.0215. The van der Waals surface area contributed by atoms with Crippen molar-refractivity contribution in [2.75, 3.05) is 79.4 Å². The molecule has 12 amide bonds. The predicted molar refractivity (Wildman–Crippen MR) is 286 cm³/mol. The molecule has 0 aliphatic carbocycles. The van der Waals surface area contributed by atoms with Crippen molar-refractivity contribution in [1.29, 1.82) is 0 Å². The van der Waals surface area contributed by atoms with Crippen LogP contribution >= 0.6 is 0 Å². The van der Waals surface area contributed by atoms with Crippen LogP contribution in [0, 0.1) is 0 Å². The molecule has 10 N–H and O–H groups in total. The second-order valence-corrected chi connectivity index (χ2v) is 20.4. The SMILES string of the molecule is COCCOCC(=O)NCCCC[C@H](NC(=O)CCCNC(=O)[C@H]([C@@H](C(=O)NCCCC(=O)N[C@@H](CCCCNC(=O)COC(C)(C)CCOC(C)(C)C)C(=O)NCC(=O)O)N1C(=O)C=CC1=O)N1C(=O)C=CC1=O)C(=O)NCC(=O)O. The molecule has 458 valence electrons. The van der Waals surface area contributed by atoms with Crippen LogP contribution < -0.4 is 42.5 Å². The first kappa shape index (κ1) is 70.4. The second-order valence-electron chi connectivity index (χ2n) is 20.4. The number of nitrogens with zero attached hydrogens (tertiary/aromatic N) is 2. The first-order valence-corrected chi connectivity index (χ1v) is 26.8. The summed E-state index contributed by atoms with van der Waals surface area (Å²) >= 11 is 0. The van der Waals surface area contributed by atoms with Gasteiger partial charge in [-0.15, -0.1) is 0 Å². The molecule has 4 atom stereocenters. The van der Waals surface area contributed by atoms with Crippen LogP contribution in [0.1, 0.15) is 105 Å². The third-order valence-electron chi connectivity index (χ3n) is 12.0. The molecule has 30 nitrogen and oxygen atoms in total. The number of ether oxygens (including phenoxy) is 4. The van der Waals surface area contributed by atoms with Crippen molar-refractivity contribution in [2.45, 2.75) is 141 Å². The van der Waals surface area contributed by atoms with Crippen LogP contribution in [-0.2, 0) is 86.1 Å². The molecule has 2 heterocycles. The molecule has 0 unspecified atom stereocenters. The summed E-state index contributed by atoms with van der Waals surface area (Å²) in [6.45, 7) is 8.17. The zero-order valence-corrected chi connectivity index (χ0v) is 47.3. The lowest BCUT2D eigenvalue weighted by molar-refractivity contribution is -0.156. The molecule has 0 bridgehead atoms. The number of carboxylic acids is 2. The Bertz CT molecular complexity index is 2300. The van der Waals surface area contributed by atoms with E-state index in [-0.39, 0.29) is 102 Å². The van der Waals surface area contributed by atoms with Gasteiger partial charge in [0.25, 0.3) is 23.6 Å². The Morgan fingerprint density at radius 2 is 0.890 bits per heavy atom. The highest BCUT2D eigenvalue weighted by atomic mass is 16.5. The number of hydrogen-bond donors (Lipinski definition) is 10. The number of unbranched alkanes of at least 4 members (excludes halogenated alkanes) is 2. The van der Waals surface area contributed by atoms with E-state index in [9.17, 15) is 67.1 Å². The summed E-state index contributed by atoms with van der Waals surface area (Å²) in [6, 6.07) is -6.78. The highest BCUT2D eigenvalue weighted by Gasteiger charge is 2.50. The maximum atomic E-state index is 14.1. The Kier molecular flexibility index (Phi) is 31.4. The fourth-order valence-corrected chi connectivity index (χ4v) is 7.70. The largest absolute Gasteiger partial charge is 0.480 e. The molecule has 0 saturated carbocycles. The molecule has 2 aliphatic rings. The molecule has 0 saturated heterocycles. The maximum absolute atomic E-state index is 14.1. The van der Waals surface area contributed by atoms with Crippen molar-refractivity contribution in [3.05, 3.63) is 24.3 Å². The summed E-state index contributed by atoms with van der Waals surface area (Å²) in [5.41, 5.74) is -0.965. The number of methoxy groups -OCH3 is 1. The van der Waals surface area contributed by atoms with Crippen molar-refractivity contribution < 1.29 is 96.3 Å². The summed E-state index contributed by atoms with van der Waals surface area (Å²) < 4.78 is 21.5. The summed E-state index contributed by atoms with van der Waals surface area (Å²) in [6.07, 6.45) is 4.11. The third-order valence-corrected chi connectivity index (χ3v) is 12.0. The highest BCUT2D eigenvalue weighted by molar-refractivity contribution is 6.19. The minimum absolute atomic E-state index is 0.0295. The van der Waals surface area contributed by atoms with Crippen LogP contribution in [0.2, 0.25) is 0 Å².